The van der Waals surface area contributed by atoms with Crippen LogP contribution in [-0.4, -0.2) is 56.6 Å². The van der Waals surface area contributed by atoms with Crippen molar-refractivity contribution in [2.75, 3.05) is 26.2 Å². The summed E-state index contributed by atoms with van der Waals surface area (Å²) in [6.07, 6.45) is 2.76. The van der Waals surface area contributed by atoms with Crippen molar-refractivity contribution in [3.8, 4) is 0 Å². The van der Waals surface area contributed by atoms with Gasteiger partial charge in [0.1, 0.15) is 10.7 Å². The molecule has 0 saturated carbocycles. The van der Waals surface area contributed by atoms with Crippen molar-refractivity contribution in [2.24, 2.45) is 0 Å². The van der Waals surface area contributed by atoms with E-state index in [0.717, 1.165) is 0 Å². The second kappa shape index (κ2) is 7.39. The Morgan fingerprint density at radius 3 is 2.12 bits per heavy atom. The lowest BCUT2D eigenvalue weighted by Crippen LogP contribution is -2.50. The molecule has 1 aliphatic rings. The average Bonchev–Trinajstić information content (AvgIpc) is 2.64. The highest BCUT2D eigenvalue weighted by Gasteiger charge is 2.33. The molecule has 1 saturated heterocycles. The van der Waals surface area contributed by atoms with Gasteiger partial charge >= 0.3 is 0 Å². The largest absolute Gasteiger partial charge is 0.263 e. The Morgan fingerprint density at radius 2 is 1.54 bits per heavy atom. The van der Waals surface area contributed by atoms with Gasteiger partial charge < -0.3 is 0 Å². The fourth-order valence-electron chi connectivity index (χ4n) is 2.72. The van der Waals surface area contributed by atoms with E-state index in [-0.39, 0.29) is 36.8 Å². The van der Waals surface area contributed by atoms with Crippen molar-refractivity contribution in [3.63, 3.8) is 0 Å². The van der Waals surface area contributed by atoms with Crippen molar-refractivity contribution in [1.82, 2.24) is 13.6 Å². The Hall–Kier alpha value is -1.88. The fourth-order valence-corrected chi connectivity index (χ4v) is 5.62. The molecule has 2 aromatic rings. The summed E-state index contributed by atoms with van der Waals surface area (Å²) in [4.78, 5) is 3.90. The zero-order chi connectivity index (χ0) is 18.8. The lowest BCUT2D eigenvalue weighted by Gasteiger charge is -2.33. The van der Waals surface area contributed by atoms with E-state index in [1.165, 1.54) is 57.4 Å². The van der Waals surface area contributed by atoms with Gasteiger partial charge in [-0.1, -0.05) is 12.1 Å². The minimum absolute atomic E-state index is 0.0693. The molecule has 7 nitrogen and oxygen atoms in total. The highest BCUT2D eigenvalue weighted by molar-refractivity contribution is 7.89. The first-order valence-electron chi connectivity index (χ1n) is 7.91. The zero-order valence-electron chi connectivity index (χ0n) is 13.8. The molecule has 0 radical (unpaired) electrons. The summed E-state index contributed by atoms with van der Waals surface area (Å²) in [5.41, 5.74) is 0.483. The number of rotatable bonds is 5. The number of piperazine rings is 1. The fraction of sp³-hybridized carbons (Fsp3) is 0.312. The summed E-state index contributed by atoms with van der Waals surface area (Å²) >= 11 is 0. The van der Waals surface area contributed by atoms with Crippen LogP contribution in [0.3, 0.4) is 0 Å². The third-order valence-corrected chi connectivity index (χ3v) is 7.86. The molecule has 2 heterocycles. The number of hydrogen-bond donors (Lipinski definition) is 0. The molecule has 1 aromatic carbocycles. The third kappa shape index (κ3) is 4.09. The van der Waals surface area contributed by atoms with Crippen molar-refractivity contribution in [3.05, 3.63) is 60.2 Å². The Balaban J connectivity index is 1.67. The summed E-state index contributed by atoms with van der Waals surface area (Å²) in [5, 5.41) is 0. The van der Waals surface area contributed by atoms with Crippen LogP contribution in [0.15, 0.2) is 53.7 Å². The number of benzene rings is 1. The van der Waals surface area contributed by atoms with E-state index in [4.69, 9.17) is 0 Å². The summed E-state index contributed by atoms with van der Waals surface area (Å²) in [7, 11) is -7.29. The maximum atomic E-state index is 12.9. The lowest BCUT2D eigenvalue weighted by atomic mass is 10.2. The van der Waals surface area contributed by atoms with Gasteiger partial charge in [-0.25, -0.2) is 21.2 Å². The second-order valence-electron chi connectivity index (χ2n) is 5.87. The SMILES string of the molecule is O=S(=O)(Cc1ccc(F)cc1)N1CCN(S(=O)(=O)c2cccnc2)CC1. The van der Waals surface area contributed by atoms with E-state index < -0.39 is 25.9 Å². The molecule has 1 aromatic heterocycles. The van der Waals surface area contributed by atoms with Crippen LogP contribution >= 0.6 is 0 Å². The van der Waals surface area contributed by atoms with Gasteiger partial charge in [0.25, 0.3) is 0 Å². The number of halogens is 1. The van der Waals surface area contributed by atoms with Gasteiger partial charge in [-0.05, 0) is 29.8 Å². The zero-order valence-corrected chi connectivity index (χ0v) is 15.5. The first-order chi connectivity index (χ1) is 12.3. The van der Waals surface area contributed by atoms with E-state index in [9.17, 15) is 21.2 Å². The summed E-state index contributed by atoms with van der Waals surface area (Å²) < 4.78 is 65.6. The maximum absolute atomic E-state index is 12.9. The Morgan fingerprint density at radius 1 is 0.923 bits per heavy atom. The van der Waals surface area contributed by atoms with Gasteiger partial charge in [0.2, 0.25) is 20.0 Å². The van der Waals surface area contributed by atoms with Crippen LogP contribution in [0.25, 0.3) is 0 Å². The molecule has 1 aliphatic heterocycles. The molecule has 0 spiro atoms. The number of sulfonamides is 2. The van der Waals surface area contributed by atoms with Crippen LogP contribution in [-0.2, 0) is 25.8 Å². The molecule has 0 unspecified atom stereocenters. The molecule has 0 aliphatic carbocycles. The molecule has 0 bridgehead atoms. The molecule has 0 N–H and O–H groups in total. The first-order valence-corrected chi connectivity index (χ1v) is 11.0. The van der Waals surface area contributed by atoms with Crippen molar-refractivity contribution < 1.29 is 21.2 Å². The summed E-state index contributed by atoms with van der Waals surface area (Å²) in [6.45, 7) is 0.284. The van der Waals surface area contributed by atoms with Crippen LogP contribution in [0.2, 0.25) is 0 Å². The number of hydrogen-bond acceptors (Lipinski definition) is 5. The molecule has 1 fully saturated rings. The van der Waals surface area contributed by atoms with Gasteiger partial charge in [0, 0.05) is 38.6 Å². The standard InChI is InChI=1S/C16H18FN3O4S2/c17-15-5-3-14(4-6-15)13-25(21,22)19-8-10-20(11-9-19)26(23,24)16-2-1-7-18-12-16/h1-7,12H,8-11,13H2. The lowest BCUT2D eigenvalue weighted by molar-refractivity contribution is 0.272. The van der Waals surface area contributed by atoms with Gasteiger partial charge in [-0.15, -0.1) is 0 Å². The van der Waals surface area contributed by atoms with Crippen LogP contribution in [0.5, 0.6) is 0 Å². The Kier molecular flexibility index (Phi) is 5.37. The number of aromatic nitrogens is 1. The quantitative estimate of drug-likeness (QED) is 0.750. The molecular formula is C16H18FN3O4S2. The molecule has 3 rings (SSSR count). The highest BCUT2D eigenvalue weighted by Crippen LogP contribution is 2.19. The molecule has 26 heavy (non-hydrogen) atoms. The predicted molar refractivity (Wildman–Crippen MR) is 93.6 cm³/mol. The van der Waals surface area contributed by atoms with Gasteiger partial charge in [-0.3, -0.25) is 4.98 Å². The van der Waals surface area contributed by atoms with E-state index in [2.05, 4.69) is 4.98 Å². The van der Waals surface area contributed by atoms with Crippen LogP contribution in [0.4, 0.5) is 4.39 Å². The predicted octanol–water partition coefficient (Wildman–Crippen LogP) is 1.06. The minimum atomic E-state index is -3.69. The minimum Gasteiger partial charge on any atom is -0.263 e. The normalized spacial score (nSPS) is 17.3. The van der Waals surface area contributed by atoms with E-state index in [1.54, 1.807) is 0 Å². The van der Waals surface area contributed by atoms with E-state index in [0.29, 0.717) is 5.56 Å². The van der Waals surface area contributed by atoms with Crippen LogP contribution in [0, 0.1) is 5.82 Å². The molecule has 10 heteroatoms. The number of pyridine rings is 1. The van der Waals surface area contributed by atoms with Gasteiger partial charge in [-0.2, -0.15) is 8.61 Å². The molecular weight excluding hydrogens is 381 g/mol. The molecule has 0 atom stereocenters. The topological polar surface area (TPSA) is 87.7 Å². The average molecular weight is 399 g/mol. The van der Waals surface area contributed by atoms with Gasteiger partial charge in [0.15, 0.2) is 0 Å². The monoisotopic (exact) mass is 399 g/mol. The highest BCUT2D eigenvalue weighted by atomic mass is 32.2. The van der Waals surface area contributed by atoms with Crippen LogP contribution in [0.1, 0.15) is 5.56 Å². The molecule has 0 amide bonds. The molecule has 140 valence electrons. The van der Waals surface area contributed by atoms with Crippen LogP contribution < -0.4 is 0 Å². The summed E-state index contributed by atoms with van der Waals surface area (Å²) in [5.74, 6) is -0.678. The van der Waals surface area contributed by atoms with Crippen molar-refractivity contribution >= 4 is 20.0 Å². The third-order valence-electron chi connectivity index (χ3n) is 4.13. The van der Waals surface area contributed by atoms with Crippen molar-refractivity contribution in [1.29, 1.82) is 0 Å². The van der Waals surface area contributed by atoms with E-state index >= 15 is 0 Å². The maximum Gasteiger partial charge on any atom is 0.244 e. The smallest absolute Gasteiger partial charge is 0.244 e. The first kappa shape index (κ1) is 18.9. The Labute approximate surface area is 152 Å². The van der Waals surface area contributed by atoms with Gasteiger partial charge in [0.05, 0.1) is 5.75 Å². The Bertz CT molecular complexity index is 956. The summed E-state index contributed by atoms with van der Waals surface area (Å²) in [6, 6.07) is 8.27. The van der Waals surface area contributed by atoms with E-state index in [1.807, 2.05) is 0 Å². The number of nitrogens with zero attached hydrogens (tertiary/aromatic N) is 3. The van der Waals surface area contributed by atoms with Crippen molar-refractivity contribution in [2.45, 2.75) is 10.6 Å². The second-order valence-corrected chi connectivity index (χ2v) is 9.78.